The summed E-state index contributed by atoms with van der Waals surface area (Å²) in [6.45, 7) is 5.30. The first-order chi connectivity index (χ1) is 21.0. The average molecular weight is 575 g/mol. The summed E-state index contributed by atoms with van der Waals surface area (Å²) in [4.78, 5) is 31.3. The molecule has 2 aliphatic rings. The number of likely N-dealkylation sites (tertiary alicyclic amines) is 1. The molecule has 1 fully saturated rings. The van der Waals surface area contributed by atoms with Gasteiger partial charge in [0.1, 0.15) is 0 Å². The van der Waals surface area contributed by atoms with E-state index in [1.807, 2.05) is 48.5 Å². The number of amides is 2. The van der Waals surface area contributed by atoms with Crippen LogP contribution in [-0.2, 0) is 11.3 Å². The van der Waals surface area contributed by atoms with Crippen LogP contribution in [0.4, 0.5) is 11.4 Å². The predicted molar refractivity (Wildman–Crippen MR) is 172 cm³/mol. The highest BCUT2D eigenvalue weighted by Gasteiger charge is 2.34. The molecule has 2 aliphatic heterocycles. The normalized spacial score (nSPS) is 17.0. The number of carbonyl (C=O) groups is 2. The molecule has 0 bridgehead atoms. The van der Waals surface area contributed by atoms with E-state index in [2.05, 4.69) is 46.7 Å². The molecule has 6 rings (SSSR count). The maximum absolute atomic E-state index is 13.7. The Morgan fingerprint density at radius 2 is 1.70 bits per heavy atom. The van der Waals surface area contributed by atoms with Crippen LogP contribution in [0, 0.1) is 0 Å². The Morgan fingerprint density at radius 1 is 0.930 bits per heavy atom. The molecule has 0 unspecified atom stereocenters. The van der Waals surface area contributed by atoms with Crippen LogP contribution in [0.15, 0.2) is 95.8 Å². The van der Waals surface area contributed by atoms with Crippen LogP contribution < -0.4 is 15.5 Å². The number of likely N-dealkylation sites (N-methyl/N-ethyl adjacent to an activating group) is 1. The lowest BCUT2D eigenvalue weighted by Crippen LogP contribution is -2.29. The SMILES string of the molecule is CC[C@@H](NC(=O)c1ccc2c(c1)C(=C(Nc1ccc(CN3CCCCC3)cc1)c1ccoc1)C(=O)N2C)c1ccccc1. The van der Waals surface area contributed by atoms with Gasteiger partial charge in [-0.3, -0.25) is 14.5 Å². The zero-order valence-corrected chi connectivity index (χ0v) is 24.8. The van der Waals surface area contributed by atoms with Gasteiger partial charge in [0.05, 0.1) is 35.5 Å². The fourth-order valence-corrected chi connectivity index (χ4v) is 6.05. The van der Waals surface area contributed by atoms with Crippen LogP contribution in [0.25, 0.3) is 11.3 Å². The predicted octanol–water partition coefficient (Wildman–Crippen LogP) is 7.10. The van der Waals surface area contributed by atoms with Crippen LogP contribution in [-0.4, -0.2) is 36.9 Å². The maximum Gasteiger partial charge on any atom is 0.260 e. The number of carbonyl (C=O) groups excluding carboxylic acids is 2. The van der Waals surface area contributed by atoms with Gasteiger partial charge in [0.15, 0.2) is 0 Å². The summed E-state index contributed by atoms with van der Waals surface area (Å²) in [6, 6.07) is 25.6. The molecular formula is C36H38N4O3. The van der Waals surface area contributed by atoms with Crippen molar-refractivity contribution in [3.63, 3.8) is 0 Å². The summed E-state index contributed by atoms with van der Waals surface area (Å²) in [5.74, 6) is -0.323. The molecule has 0 spiro atoms. The third-order valence-electron chi connectivity index (χ3n) is 8.46. The zero-order chi connectivity index (χ0) is 29.8. The average Bonchev–Trinajstić information content (AvgIpc) is 3.67. The summed E-state index contributed by atoms with van der Waals surface area (Å²) in [5, 5.41) is 6.69. The van der Waals surface area contributed by atoms with Gasteiger partial charge in [-0.15, -0.1) is 0 Å². The maximum atomic E-state index is 13.7. The first-order valence-corrected chi connectivity index (χ1v) is 15.1. The minimum Gasteiger partial charge on any atom is -0.472 e. The standard InChI is InChI=1S/C36H38N4O3/c1-3-31(26-10-6-4-7-11-26)38-35(41)27-14-17-32-30(22-27)33(36(42)39(32)2)34(28-18-21-43-24-28)37-29-15-12-25(13-16-29)23-40-19-8-5-9-20-40/h4,6-7,10-18,21-22,24,31,37H,3,5,8-9,19-20,23H2,1-2H3,(H,38,41)/t31-/m1/s1. The zero-order valence-electron chi connectivity index (χ0n) is 24.8. The number of fused-ring (bicyclic) bond motifs is 1. The quantitative estimate of drug-likeness (QED) is 0.209. The molecule has 2 N–H and O–H groups in total. The molecule has 220 valence electrons. The third-order valence-corrected chi connectivity index (χ3v) is 8.46. The fraction of sp³-hybridized carbons (Fsp3) is 0.278. The van der Waals surface area contributed by atoms with Gasteiger partial charge in [-0.05, 0) is 79.9 Å². The second-order valence-corrected chi connectivity index (χ2v) is 11.4. The van der Waals surface area contributed by atoms with Gasteiger partial charge in [0, 0.05) is 36.0 Å². The van der Waals surface area contributed by atoms with Crippen LogP contribution in [0.3, 0.4) is 0 Å². The van der Waals surface area contributed by atoms with Crippen molar-refractivity contribution in [2.45, 2.75) is 45.2 Å². The second-order valence-electron chi connectivity index (χ2n) is 11.4. The van der Waals surface area contributed by atoms with Crippen LogP contribution >= 0.6 is 0 Å². The van der Waals surface area contributed by atoms with Crippen LogP contribution in [0.5, 0.6) is 0 Å². The molecule has 1 atom stereocenters. The number of nitrogens with zero attached hydrogens (tertiary/aromatic N) is 2. The summed E-state index contributed by atoms with van der Waals surface area (Å²) in [5.41, 5.74) is 7.06. The number of hydrogen-bond donors (Lipinski definition) is 2. The Kier molecular flexibility index (Phi) is 8.43. The molecular weight excluding hydrogens is 536 g/mol. The van der Waals surface area contributed by atoms with E-state index in [1.54, 1.807) is 30.5 Å². The van der Waals surface area contributed by atoms with Gasteiger partial charge in [-0.2, -0.15) is 0 Å². The second kappa shape index (κ2) is 12.7. The number of rotatable bonds is 9. The Bertz CT molecular complexity index is 1600. The van der Waals surface area contributed by atoms with E-state index < -0.39 is 0 Å². The molecule has 1 aromatic heterocycles. The lowest BCUT2D eigenvalue weighted by atomic mass is 9.98. The summed E-state index contributed by atoms with van der Waals surface area (Å²) in [6.07, 6.45) is 7.84. The molecule has 7 nitrogen and oxygen atoms in total. The Balaban J connectivity index is 1.31. The van der Waals surface area contributed by atoms with E-state index in [-0.39, 0.29) is 17.9 Å². The van der Waals surface area contributed by atoms with E-state index in [0.717, 1.165) is 48.6 Å². The number of furan rings is 1. The highest BCUT2D eigenvalue weighted by Crippen LogP contribution is 2.41. The highest BCUT2D eigenvalue weighted by atomic mass is 16.3. The first-order valence-electron chi connectivity index (χ1n) is 15.1. The number of anilines is 2. The van der Waals surface area contributed by atoms with Gasteiger partial charge in [-0.25, -0.2) is 0 Å². The molecule has 3 heterocycles. The van der Waals surface area contributed by atoms with Gasteiger partial charge in [0.2, 0.25) is 0 Å². The molecule has 0 saturated carbocycles. The van der Waals surface area contributed by atoms with Gasteiger partial charge in [0.25, 0.3) is 11.8 Å². The fourth-order valence-electron chi connectivity index (χ4n) is 6.05. The molecule has 43 heavy (non-hydrogen) atoms. The smallest absolute Gasteiger partial charge is 0.260 e. The molecule has 0 aliphatic carbocycles. The number of piperidine rings is 1. The van der Waals surface area contributed by atoms with Crippen molar-refractivity contribution >= 4 is 34.5 Å². The van der Waals surface area contributed by atoms with Crippen molar-refractivity contribution in [2.75, 3.05) is 30.4 Å². The van der Waals surface area contributed by atoms with E-state index in [0.29, 0.717) is 22.4 Å². The topological polar surface area (TPSA) is 77.8 Å². The van der Waals surface area contributed by atoms with Crippen molar-refractivity contribution < 1.29 is 14.0 Å². The van der Waals surface area contributed by atoms with E-state index >= 15 is 0 Å². The molecule has 3 aromatic carbocycles. The third kappa shape index (κ3) is 6.13. The minimum atomic E-state index is -0.179. The van der Waals surface area contributed by atoms with E-state index in [1.165, 1.54) is 24.8 Å². The van der Waals surface area contributed by atoms with E-state index in [9.17, 15) is 9.59 Å². The molecule has 4 aromatic rings. The highest BCUT2D eigenvalue weighted by molar-refractivity contribution is 6.38. The summed E-state index contributed by atoms with van der Waals surface area (Å²) >= 11 is 0. The van der Waals surface area contributed by atoms with Crippen molar-refractivity contribution in [1.82, 2.24) is 10.2 Å². The van der Waals surface area contributed by atoms with Crippen molar-refractivity contribution in [3.05, 3.63) is 119 Å². The molecule has 1 saturated heterocycles. The first kappa shape index (κ1) is 28.5. The van der Waals surface area contributed by atoms with Crippen molar-refractivity contribution in [2.24, 2.45) is 0 Å². The molecule has 7 heteroatoms. The molecule has 0 radical (unpaired) electrons. The van der Waals surface area contributed by atoms with Crippen molar-refractivity contribution in [3.8, 4) is 0 Å². The number of hydrogen-bond acceptors (Lipinski definition) is 5. The number of benzene rings is 3. The lowest BCUT2D eigenvalue weighted by molar-refractivity contribution is -0.112. The van der Waals surface area contributed by atoms with Gasteiger partial charge < -0.3 is 20.0 Å². The van der Waals surface area contributed by atoms with Crippen molar-refractivity contribution in [1.29, 1.82) is 0 Å². The summed E-state index contributed by atoms with van der Waals surface area (Å²) in [7, 11) is 1.76. The largest absolute Gasteiger partial charge is 0.472 e. The van der Waals surface area contributed by atoms with Gasteiger partial charge in [-0.1, -0.05) is 55.8 Å². The van der Waals surface area contributed by atoms with Crippen LogP contribution in [0.2, 0.25) is 0 Å². The Hall–Kier alpha value is -4.62. The monoisotopic (exact) mass is 574 g/mol. The lowest BCUT2D eigenvalue weighted by Gasteiger charge is -2.26. The Labute approximate surface area is 253 Å². The summed E-state index contributed by atoms with van der Waals surface area (Å²) < 4.78 is 5.44. The van der Waals surface area contributed by atoms with E-state index in [4.69, 9.17) is 4.42 Å². The number of nitrogens with one attached hydrogen (secondary N) is 2. The minimum absolute atomic E-state index is 0.109. The molecule has 2 amide bonds. The van der Waals surface area contributed by atoms with Crippen LogP contribution in [0.1, 0.15) is 71.3 Å². The Morgan fingerprint density at radius 3 is 2.40 bits per heavy atom. The van der Waals surface area contributed by atoms with Gasteiger partial charge >= 0.3 is 0 Å².